The van der Waals surface area contributed by atoms with Crippen LogP contribution in [0.5, 0.6) is 0 Å². The number of aliphatic carboxylic acids is 1. The summed E-state index contributed by atoms with van der Waals surface area (Å²) in [7, 11) is -4.26. The van der Waals surface area contributed by atoms with Crippen molar-refractivity contribution in [2.75, 3.05) is 26.4 Å². The van der Waals surface area contributed by atoms with Gasteiger partial charge in [0.15, 0.2) is 67.8 Å². The molecule has 38 nitrogen and oxygen atoms in total. The van der Waals surface area contributed by atoms with Gasteiger partial charge >= 0.3 is 19.9 Å². The van der Waals surface area contributed by atoms with E-state index in [0.717, 1.165) is 64.0 Å². The first kappa shape index (κ1) is 92.0. The molecule has 19 N–H and O–H groups in total. The number of ketones is 1. The highest BCUT2D eigenvalue weighted by Crippen LogP contribution is 2.49. The number of carbonyl (C=O) groups is 7. The maximum atomic E-state index is 14.1. The molecule has 0 bridgehead atoms. The number of nitrogens with two attached hydrogens (primary N) is 2. The summed E-state index contributed by atoms with van der Waals surface area (Å²) in [5, 5.41) is 130. The number of nitrogens with one attached hydrogen (secondary N) is 3. The lowest BCUT2D eigenvalue weighted by molar-refractivity contribution is -0.375. The monoisotopic (exact) mass is 1580 g/mol. The van der Waals surface area contributed by atoms with E-state index in [1.807, 2.05) is 6.08 Å². The molecule has 109 heavy (non-hydrogen) atoms. The van der Waals surface area contributed by atoms with Crippen molar-refractivity contribution >= 4 is 57.1 Å². The van der Waals surface area contributed by atoms with Gasteiger partial charge < -0.3 is 141 Å². The van der Waals surface area contributed by atoms with Crippen molar-refractivity contribution in [2.45, 2.75) is 286 Å². The van der Waals surface area contributed by atoms with Crippen LogP contribution in [0.3, 0.4) is 0 Å². The second-order valence-corrected chi connectivity index (χ2v) is 30.6. The maximum Gasteiger partial charge on any atom is 0.474 e. The fraction of sp³-hybridized carbons (Fsp3) is 0.725. The number of allylic oxidation sites excluding steroid dienone is 10. The van der Waals surface area contributed by atoms with E-state index in [4.69, 9.17) is 72.6 Å². The molecule has 616 valence electrons. The molecule has 1 aliphatic carbocycles. The standard InChI is InChI=1S/C69H109BN5O33P/c1-30(2)15-14-17-31(3)18-19-33(5)22-25-68(9,10)24-13-12-16-32(4)23-26-96-41(61(90)91)29-98-109(94,95)108-66-56(57(107-67(72)92)69(11,93)58(106-66)59(71)88)105-63-44(74-36(8)78)47(82)54(40(101-63)28-97-64-51(86)48(83)45(80)39(27-76)100-64)103-62-43(73-35(7)77)46(81)53(34(6)99-62)102-65-52(87)49(84)50(85)55(104-65)60(89)75-42-37(70)20-21-38(42)79/h13,15,18,23-24,34,39-41,43-58,62-66,76,80-87,93H,5,12,14,16-17,19-22,25-29,70H2,1-4,6-11H3,(H2,71,88)(H2,72,92)(H,73,77)(H,74,78)(H,75,89)(H,90,91)(H,94,95)/b24-13+,31-18+,32-23-/t34?,39?,40?,41-,43+,44?,45-,46?,47?,48?,49?,50-,51?,52+,53-,54-,55?,56?,57-,58?,62+,63+,64-,65-,66-,69+/m1/s1. The Balaban J connectivity index is 1.25. The summed E-state index contributed by atoms with van der Waals surface area (Å²) in [6.07, 6.45) is -34.0. The molecule has 5 fully saturated rings. The molecule has 27 atom stereocenters. The van der Waals surface area contributed by atoms with Crippen LogP contribution < -0.4 is 27.4 Å². The minimum atomic E-state index is -5.84. The van der Waals surface area contributed by atoms with Crippen molar-refractivity contribution in [3.05, 3.63) is 70.4 Å². The Kier molecular flexibility index (Phi) is 34.4. The highest BCUT2D eigenvalue weighted by atomic mass is 31.2. The average molecular weight is 1580 g/mol. The molecule has 0 radical (unpaired) electrons. The third-order valence-corrected chi connectivity index (χ3v) is 20.1. The molecule has 13 unspecified atom stereocenters. The van der Waals surface area contributed by atoms with Gasteiger partial charge in [-0.1, -0.05) is 78.6 Å². The highest BCUT2D eigenvalue weighted by Gasteiger charge is 2.62. The zero-order valence-electron chi connectivity index (χ0n) is 62.8. The first-order valence-corrected chi connectivity index (χ1v) is 37.1. The molecule has 0 saturated carbocycles. The predicted octanol–water partition coefficient (Wildman–Crippen LogP) is -2.95. The first-order chi connectivity index (χ1) is 50.9. The number of phosphoric ester groups is 1. The molecule has 5 aliphatic heterocycles. The number of Topliss-reactive ketones (excluding diaryl/α,β-unsaturated/α-hetero) is 1. The average Bonchev–Trinajstić information content (AvgIpc) is 1.11. The summed E-state index contributed by atoms with van der Waals surface area (Å²) in [4.78, 5) is 102. The molecule has 6 aliphatic rings. The second-order valence-electron chi connectivity index (χ2n) is 29.2. The van der Waals surface area contributed by atoms with Crippen molar-refractivity contribution in [3.8, 4) is 0 Å². The van der Waals surface area contributed by atoms with Crippen molar-refractivity contribution < 1.29 is 160 Å². The number of hydrogen-bond acceptors (Lipinski definition) is 31. The van der Waals surface area contributed by atoms with Crippen LogP contribution in [0.4, 0.5) is 4.79 Å². The maximum absolute atomic E-state index is 14.1. The van der Waals surface area contributed by atoms with E-state index in [0.29, 0.717) is 24.7 Å². The van der Waals surface area contributed by atoms with E-state index in [1.165, 1.54) is 18.1 Å². The molecular weight excluding hydrogens is 1470 g/mol. The van der Waals surface area contributed by atoms with Crippen LogP contribution >= 0.6 is 7.82 Å². The van der Waals surface area contributed by atoms with E-state index < -0.39 is 228 Å². The van der Waals surface area contributed by atoms with E-state index >= 15 is 0 Å². The number of primary amides is 2. The second kappa shape index (κ2) is 40.7. The van der Waals surface area contributed by atoms with Crippen molar-refractivity contribution in [3.63, 3.8) is 0 Å². The van der Waals surface area contributed by atoms with Crippen molar-refractivity contribution in [2.24, 2.45) is 16.9 Å². The van der Waals surface area contributed by atoms with Gasteiger partial charge in [-0.05, 0) is 98.3 Å². The van der Waals surface area contributed by atoms with Crippen molar-refractivity contribution in [1.82, 2.24) is 16.0 Å². The summed E-state index contributed by atoms with van der Waals surface area (Å²) >= 11 is 0. The number of carbonyl (C=O) groups excluding carboxylic acids is 6. The molecule has 5 heterocycles. The van der Waals surface area contributed by atoms with Gasteiger partial charge in [0.1, 0.15) is 98.8 Å². The number of rotatable bonds is 37. The number of ether oxygens (including phenoxy) is 11. The molecular formula is C69H109BN5O33P. The summed E-state index contributed by atoms with van der Waals surface area (Å²) in [5.41, 5.74) is 13.0. The van der Waals surface area contributed by atoms with Gasteiger partial charge in [0.05, 0.1) is 38.2 Å². The van der Waals surface area contributed by atoms with E-state index in [-0.39, 0.29) is 24.1 Å². The Morgan fingerprint density at radius 1 is 0.725 bits per heavy atom. The molecule has 5 saturated heterocycles. The molecule has 0 aromatic carbocycles. The van der Waals surface area contributed by atoms with Crippen LogP contribution in [0.15, 0.2) is 70.4 Å². The number of aliphatic hydroxyl groups excluding tert-OH is 9. The van der Waals surface area contributed by atoms with Gasteiger partial charge in [0, 0.05) is 20.3 Å². The van der Waals surface area contributed by atoms with E-state index in [9.17, 15) is 99.2 Å². The van der Waals surface area contributed by atoms with Gasteiger partial charge in [-0.15, -0.1) is 0 Å². The Morgan fingerprint density at radius 2 is 1.30 bits per heavy atom. The fourth-order valence-electron chi connectivity index (χ4n) is 12.8. The molecule has 40 heteroatoms. The topological polar surface area (TPSA) is 587 Å². The quantitative estimate of drug-likeness (QED) is 0.0168. The lowest BCUT2D eigenvalue weighted by Crippen LogP contribution is -2.72. The number of aliphatic hydroxyl groups is 10. The van der Waals surface area contributed by atoms with Gasteiger partial charge in [0.25, 0.3) is 5.91 Å². The van der Waals surface area contributed by atoms with Crippen molar-refractivity contribution in [1.29, 1.82) is 0 Å². The lowest BCUT2D eigenvalue weighted by Gasteiger charge is -2.52. The zero-order chi connectivity index (χ0) is 81.5. The van der Waals surface area contributed by atoms with E-state index in [1.54, 1.807) is 20.8 Å². The summed E-state index contributed by atoms with van der Waals surface area (Å²) < 4.78 is 89.2. The molecule has 0 aromatic heterocycles. The van der Waals surface area contributed by atoms with Gasteiger partial charge in [-0.2, -0.15) is 0 Å². The number of carboxylic acids is 1. The van der Waals surface area contributed by atoms with E-state index in [2.05, 4.69) is 75.4 Å². The van der Waals surface area contributed by atoms with Crippen LogP contribution in [0.2, 0.25) is 0 Å². The predicted molar refractivity (Wildman–Crippen MR) is 378 cm³/mol. The Morgan fingerprint density at radius 3 is 1.89 bits per heavy atom. The van der Waals surface area contributed by atoms with Gasteiger partial charge in [-0.25, -0.2) is 14.2 Å². The van der Waals surface area contributed by atoms with Gasteiger partial charge in [-0.3, -0.25) is 33.0 Å². The summed E-state index contributed by atoms with van der Waals surface area (Å²) in [6.45, 7) is 16.9. The number of amides is 5. The number of carboxylic acid groups (broad SMARTS) is 1. The fourth-order valence-corrected chi connectivity index (χ4v) is 13.6. The minimum absolute atomic E-state index is 0.0736. The third kappa shape index (κ3) is 25.6. The number of hydrogen-bond donors (Lipinski definition) is 17. The molecule has 5 amide bonds. The van der Waals surface area contributed by atoms with Crippen LogP contribution in [-0.2, 0) is 94.5 Å². The SMILES string of the molecule is BC1=C(NC(=O)C2O[C@@H](O[C@@H]3C(C)O[C@@H](O[C@@H]4C(CO[C@@H]5OC(CO)[C@@H](O)C(O)C5O)O[C@@H](OC5[C@@H](OP(=O)(O)OC[C@@H](OC/C=C(/C)CC/C=C/C(C)(C)CCC(=C)C/C=C(\C)CCC=C(C)C)C(=O)O)OC(C(N)=O)[C@@](C)(O)[C@@H]5OC(N)=O)C(NC(C)=O)C4O)[C@@H](NC(C)=O)C3O)[C@@H](O)C(O)[C@H]2O)C(=O)CC1. The Labute approximate surface area is 631 Å². The van der Waals surface area contributed by atoms with Crippen LogP contribution in [0.25, 0.3) is 0 Å². The Hall–Kier alpha value is -5.90. The normalized spacial score (nSPS) is 35.6. The molecule has 0 aromatic rings. The Bertz CT molecular complexity index is 3370. The highest BCUT2D eigenvalue weighted by molar-refractivity contribution is 7.47. The molecule has 0 spiro atoms. The van der Waals surface area contributed by atoms with Gasteiger partial charge in [0.2, 0.25) is 17.7 Å². The third-order valence-electron chi connectivity index (χ3n) is 19.2. The summed E-state index contributed by atoms with van der Waals surface area (Å²) in [5.74, 6) is -6.71. The summed E-state index contributed by atoms with van der Waals surface area (Å²) in [6, 6.07) is -3.96. The lowest BCUT2D eigenvalue weighted by atomic mass is 9.85. The number of phosphoric acid groups is 1. The minimum Gasteiger partial charge on any atom is -0.479 e. The molecule has 6 rings (SSSR count). The van der Waals surface area contributed by atoms with Crippen LogP contribution in [0.1, 0.15) is 127 Å². The van der Waals surface area contributed by atoms with Crippen LogP contribution in [-0.4, -0.2) is 296 Å². The largest absolute Gasteiger partial charge is 0.479 e. The smallest absolute Gasteiger partial charge is 0.474 e. The van der Waals surface area contributed by atoms with Crippen LogP contribution in [0, 0.1) is 5.41 Å². The first-order valence-electron chi connectivity index (χ1n) is 35.6. The zero-order valence-corrected chi connectivity index (χ0v) is 63.7.